The Morgan fingerprint density at radius 1 is 1.06 bits per heavy atom. The summed E-state index contributed by atoms with van der Waals surface area (Å²) in [5, 5.41) is -0.876. The van der Waals surface area contributed by atoms with Gasteiger partial charge in [-0.2, -0.15) is 0 Å². The molecule has 0 amide bonds. The van der Waals surface area contributed by atoms with Crippen molar-refractivity contribution in [1.82, 2.24) is 0 Å². The van der Waals surface area contributed by atoms with Crippen LogP contribution in [0.2, 0.25) is 0 Å². The Morgan fingerprint density at radius 3 is 1.94 bits per heavy atom. The zero-order chi connectivity index (χ0) is 13.9. The summed E-state index contributed by atoms with van der Waals surface area (Å²) in [5.74, 6) is 0.111. The monoisotopic (exact) mass is 410 g/mol. The van der Waals surface area contributed by atoms with E-state index in [1.54, 1.807) is 0 Å². The van der Waals surface area contributed by atoms with Gasteiger partial charge in [0.15, 0.2) is 0 Å². The van der Waals surface area contributed by atoms with Gasteiger partial charge in [0, 0.05) is 22.6 Å². The minimum Gasteiger partial charge on any atom is -0.126 e. The largest absolute Gasteiger partial charge is 0.127 e. The van der Waals surface area contributed by atoms with Gasteiger partial charge in [-0.1, -0.05) is 0 Å². The second kappa shape index (κ2) is 5.20. The average molecular weight is 414 g/mol. The molecular weight excluding hydrogens is 404 g/mol. The Kier molecular flexibility index (Phi) is 4.82. The second-order valence-electron chi connectivity index (χ2n) is 4.94. The third-order valence-corrected chi connectivity index (χ3v) is 8.53. The summed E-state index contributed by atoms with van der Waals surface area (Å²) in [7, 11) is 0. The Labute approximate surface area is 146 Å². The first-order valence-corrected chi connectivity index (χ1v) is 8.86. The van der Waals surface area contributed by atoms with Crippen LogP contribution in [0.4, 0.5) is 0 Å². The molecule has 8 heteroatoms. The highest BCUT2D eigenvalue weighted by Crippen LogP contribution is 2.77. The maximum Gasteiger partial charge on any atom is 0.127 e. The van der Waals surface area contributed by atoms with Gasteiger partial charge in [0.2, 0.25) is 0 Å². The Bertz CT molecular complexity index is 345. The van der Waals surface area contributed by atoms with Gasteiger partial charge in [-0.3, -0.25) is 0 Å². The topological polar surface area (TPSA) is 0 Å². The molecule has 2 aliphatic carbocycles. The van der Waals surface area contributed by atoms with Crippen LogP contribution in [0.3, 0.4) is 0 Å². The molecule has 0 aromatic rings. The Balaban J connectivity index is 2.68. The van der Waals surface area contributed by atoms with Crippen LogP contribution >= 0.6 is 92.8 Å². The smallest absolute Gasteiger partial charge is 0.126 e. The summed E-state index contributed by atoms with van der Waals surface area (Å²) in [6.45, 7) is 0. The molecule has 106 valence electrons. The van der Waals surface area contributed by atoms with Crippen molar-refractivity contribution < 1.29 is 0 Å². The van der Waals surface area contributed by atoms with Gasteiger partial charge >= 0.3 is 0 Å². The minimum absolute atomic E-state index is 0.108. The molecule has 0 aliphatic heterocycles. The molecule has 2 rings (SSSR count). The summed E-state index contributed by atoms with van der Waals surface area (Å²) in [4.78, 5) is -0.789. The van der Waals surface area contributed by atoms with Crippen molar-refractivity contribution in [2.45, 2.75) is 26.3 Å². The van der Waals surface area contributed by atoms with Crippen molar-refractivity contribution in [1.29, 1.82) is 0 Å². The lowest BCUT2D eigenvalue weighted by atomic mass is 9.69. The molecule has 18 heavy (non-hydrogen) atoms. The van der Waals surface area contributed by atoms with Gasteiger partial charge in [-0.05, 0) is 12.3 Å². The fraction of sp³-hybridized carbons (Fsp3) is 1.00. The summed E-state index contributed by atoms with van der Waals surface area (Å²) in [6, 6.07) is 0. The van der Waals surface area contributed by atoms with Crippen molar-refractivity contribution in [3.8, 4) is 0 Å². The maximum absolute atomic E-state index is 6.45. The summed E-state index contributed by atoms with van der Waals surface area (Å²) >= 11 is 50.4. The molecule has 0 N–H and O–H groups in total. The Morgan fingerprint density at radius 2 is 1.61 bits per heavy atom. The zero-order valence-electron chi connectivity index (χ0n) is 8.95. The van der Waals surface area contributed by atoms with Crippen LogP contribution in [0.5, 0.6) is 0 Å². The van der Waals surface area contributed by atoms with Gasteiger partial charge in [-0.25, -0.2) is 0 Å². The molecular formula is C10H10Cl8. The van der Waals surface area contributed by atoms with Gasteiger partial charge in [0.1, 0.15) is 9.17 Å². The van der Waals surface area contributed by atoms with Gasteiger partial charge in [0.25, 0.3) is 0 Å². The highest BCUT2D eigenvalue weighted by molar-refractivity contribution is 6.52. The summed E-state index contributed by atoms with van der Waals surface area (Å²) in [6.07, 6.45) is 0.433. The lowest BCUT2D eigenvalue weighted by molar-refractivity contribution is 0.149. The van der Waals surface area contributed by atoms with E-state index in [-0.39, 0.29) is 23.1 Å². The molecule has 0 aromatic heterocycles. The first-order chi connectivity index (χ1) is 8.23. The van der Waals surface area contributed by atoms with E-state index in [0.29, 0.717) is 6.42 Å². The quantitative estimate of drug-likeness (QED) is 0.523. The highest BCUT2D eigenvalue weighted by atomic mass is 35.5. The number of rotatable bonds is 3. The van der Waals surface area contributed by atoms with Gasteiger partial charge in [0.05, 0.1) is 10.8 Å². The van der Waals surface area contributed by atoms with Crippen molar-refractivity contribution >= 4 is 92.8 Å². The first kappa shape index (κ1) is 16.7. The predicted octanol–water partition coefficient (Wildman–Crippen LogP) is 5.66. The van der Waals surface area contributed by atoms with Crippen LogP contribution in [0.15, 0.2) is 0 Å². The molecule has 2 aliphatic rings. The molecule has 0 unspecified atom stereocenters. The van der Waals surface area contributed by atoms with E-state index in [2.05, 4.69) is 0 Å². The van der Waals surface area contributed by atoms with Gasteiger partial charge < -0.3 is 0 Å². The molecule has 0 radical (unpaired) electrons. The Hall–Kier alpha value is 2.32. The van der Waals surface area contributed by atoms with Crippen molar-refractivity contribution in [2.75, 3.05) is 11.8 Å². The maximum atomic E-state index is 6.45. The SMILES string of the molecule is ClC[C@]12[C@@H](Cl)[C@H](Cl)[C@H](CC1(Cl)Cl)[C@@]2(CCl)C(Cl)Cl. The van der Waals surface area contributed by atoms with Crippen LogP contribution in [0.1, 0.15) is 6.42 Å². The van der Waals surface area contributed by atoms with E-state index in [1.807, 2.05) is 0 Å². The minimum atomic E-state index is -1.13. The average Bonchev–Trinajstić information content (AvgIpc) is 2.61. The number of halogens is 8. The van der Waals surface area contributed by atoms with E-state index < -0.39 is 25.4 Å². The molecule has 2 saturated carbocycles. The predicted molar refractivity (Wildman–Crippen MR) is 83.6 cm³/mol. The first-order valence-electron chi connectivity index (χ1n) is 5.29. The molecule has 0 aromatic carbocycles. The fourth-order valence-electron chi connectivity index (χ4n) is 3.57. The lowest BCUT2D eigenvalue weighted by Gasteiger charge is -2.48. The number of hydrogen-bond acceptors (Lipinski definition) is 0. The van der Waals surface area contributed by atoms with Gasteiger partial charge in [-0.15, -0.1) is 92.8 Å². The molecule has 2 bridgehead atoms. The number of hydrogen-bond donors (Lipinski definition) is 0. The molecule has 0 nitrogen and oxygen atoms in total. The van der Waals surface area contributed by atoms with Crippen LogP contribution in [-0.2, 0) is 0 Å². The second-order valence-corrected chi connectivity index (χ2v) is 9.03. The van der Waals surface area contributed by atoms with E-state index in [0.717, 1.165) is 0 Å². The summed E-state index contributed by atoms with van der Waals surface area (Å²) in [5.41, 5.74) is -1.68. The third-order valence-electron chi connectivity index (χ3n) is 4.58. The molecule has 5 atom stereocenters. The fourth-order valence-corrected chi connectivity index (χ4v) is 8.38. The number of alkyl halides is 8. The van der Waals surface area contributed by atoms with Crippen LogP contribution in [0, 0.1) is 16.7 Å². The molecule has 0 spiro atoms. The van der Waals surface area contributed by atoms with Crippen LogP contribution in [-0.4, -0.2) is 31.7 Å². The lowest BCUT2D eigenvalue weighted by Crippen LogP contribution is -2.55. The number of fused-ring (bicyclic) bond motifs is 2. The van der Waals surface area contributed by atoms with E-state index in [1.165, 1.54) is 0 Å². The molecule has 0 saturated heterocycles. The standard InChI is InChI=1S/C10H10Cl8/c11-2-8(7(15)16)4-1-10(17,18)9(8,3-12)6(14)5(4)13/h4-7H,1-3H2/t4-,5+,6-,8-,9+/m0/s1. The normalized spacial score (nSPS) is 50.2. The summed E-state index contributed by atoms with van der Waals surface area (Å²) < 4.78 is -1.13. The van der Waals surface area contributed by atoms with Crippen LogP contribution < -0.4 is 0 Å². The third kappa shape index (κ3) is 1.67. The van der Waals surface area contributed by atoms with Crippen molar-refractivity contribution in [3.05, 3.63) is 0 Å². The van der Waals surface area contributed by atoms with E-state index in [9.17, 15) is 0 Å². The molecule has 2 fully saturated rings. The highest BCUT2D eigenvalue weighted by Gasteiger charge is 2.81. The molecule has 0 heterocycles. The van der Waals surface area contributed by atoms with Crippen molar-refractivity contribution in [2.24, 2.45) is 16.7 Å². The van der Waals surface area contributed by atoms with Crippen LogP contribution in [0.25, 0.3) is 0 Å². The van der Waals surface area contributed by atoms with Crippen molar-refractivity contribution in [3.63, 3.8) is 0 Å². The zero-order valence-corrected chi connectivity index (χ0v) is 15.0. The van der Waals surface area contributed by atoms with E-state index in [4.69, 9.17) is 92.8 Å². The van der Waals surface area contributed by atoms with E-state index >= 15 is 0 Å².